The van der Waals surface area contributed by atoms with Crippen LogP contribution in [0.25, 0.3) is 0 Å². The summed E-state index contributed by atoms with van der Waals surface area (Å²) in [6.45, 7) is 0. The van der Waals surface area contributed by atoms with Crippen molar-refractivity contribution in [3.63, 3.8) is 0 Å². The van der Waals surface area contributed by atoms with Crippen molar-refractivity contribution in [2.45, 2.75) is 0 Å². The van der Waals surface area contributed by atoms with Crippen LogP contribution in [0.1, 0.15) is 0 Å². The molecule has 0 amide bonds. The van der Waals surface area contributed by atoms with Crippen molar-refractivity contribution >= 4 is 59.4 Å². The third-order valence-corrected chi connectivity index (χ3v) is 1.95. The predicted molar refractivity (Wildman–Crippen MR) is 46.4 cm³/mol. The zero-order valence-corrected chi connectivity index (χ0v) is 8.67. The van der Waals surface area contributed by atoms with E-state index in [0.717, 1.165) is 0 Å². The quantitative estimate of drug-likeness (QED) is 0.214. The molecule has 0 saturated carbocycles. The van der Waals surface area contributed by atoms with Gasteiger partial charge in [0.1, 0.15) is 0 Å². The minimum atomic E-state index is -5.13. The van der Waals surface area contributed by atoms with Gasteiger partial charge in [-0.15, -0.1) is 0 Å². The van der Waals surface area contributed by atoms with E-state index in [-0.39, 0.29) is 29.6 Å². The van der Waals surface area contributed by atoms with Crippen molar-refractivity contribution in [3.05, 3.63) is 0 Å². The Labute approximate surface area is 108 Å². The van der Waals surface area contributed by atoms with Gasteiger partial charge < -0.3 is 14.4 Å². The molecule has 0 bridgehead atoms. The van der Waals surface area contributed by atoms with Crippen LogP contribution >= 0.6 is 0 Å². The van der Waals surface area contributed by atoms with Gasteiger partial charge >= 0.3 is 59.4 Å². The molecule has 0 radical (unpaired) electrons. The summed E-state index contributed by atoms with van der Waals surface area (Å²) in [6.07, 6.45) is 0. The summed E-state index contributed by atoms with van der Waals surface area (Å²) in [7, 11) is -14.8. The van der Waals surface area contributed by atoms with Crippen LogP contribution in [0, 0.1) is 0 Å². The van der Waals surface area contributed by atoms with Crippen LogP contribution in [0.5, 0.6) is 0 Å². The fourth-order valence-corrected chi connectivity index (χ4v) is 1.27. The van der Waals surface area contributed by atoms with Crippen molar-refractivity contribution in [2.75, 3.05) is 0 Å². The van der Waals surface area contributed by atoms with Crippen molar-refractivity contribution in [3.8, 4) is 0 Å². The Balaban J connectivity index is -0.000000208. The van der Waals surface area contributed by atoms with Gasteiger partial charge in [-0.1, -0.05) is 0 Å². The summed E-state index contributed by atoms with van der Waals surface area (Å²) in [5, 5.41) is 0. The Hall–Kier alpha value is 0.837. The second-order valence-electron chi connectivity index (χ2n) is 1.53. The maximum atomic E-state index is 9.53. The molecule has 0 aromatic carbocycles. The van der Waals surface area contributed by atoms with Crippen molar-refractivity contribution < 1.29 is 48.8 Å². The van der Waals surface area contributed by atoms with Gasteiger partial charge in [-0.25, -0.2) is 3.87 Å². The van der Waals surface area contributed by atoms with Gasteiger partial charge in [-0.05, 0) is 0 Å². The molecule has 6 N–H and O–H groups in total. The average Bonchev–Trinajstić information content (AvgIpc) is 1.42. The Morgan fingerprint density at radius 3 is 1.07 bits per heavy atom. The number of hydrogen-bond acceptors (Lipinski definition) is 8. The molecule has 0 aliphatic rings. The predicted octanol–water partition coefficient (Wildman–Crippen LogP) is -4.08. The van der Waals surface area contributed by atoms with E-state index in [1.54, 1.807) is 0 Å². The third kappa shape index (κ3) is 52.3. The van der Waals surface area contributed by atoms with Crippen LogP contribution < -0.4 is 0 Å². The van der Waals surface area contributed by atoms with E-state index in [1.807, 2.05) is 0 Å². The zero-order chi connectivity index (χ0) is 12.2. The molecule has 0 fully saturated rings. The van der Waals surface area contributed by atoms with E-state index in [4.69, 9.17) is 36.5 Å². The van der Waals surface area contributed by atoms with Gasteiger partial charge in [0, 0.05) is 0 Å². The molecular formula is H7NaO11S2Si. The Morgan fingerprint density at radius 2 is 1.07 bits per heavy atom. The molecule has 0 saturated heterocycles. The van der Waals surface area contributed by atoms with Crippen molar-refractivity contribution in [1.82, 2.24) is 0 Å². The molecule has 15 heteroatoms. The van der Waals surface area contributed by atoms with Crippen LogP contribution in [0.2, 0.25) is 0 Å². The van der Waals surface area contributed by atoms with Crippen LogP contribution in [0.15, 0.2) is 0 Å². The monoisotopic (exact) mass is 298 g/mol. The van der Waals surface area contributed by atoms with Crippen LogP contribution in [0.4, 0.5) is 0 Å². The molecule has 15 heavy (non-hydrogen) atoms. The summed E-state index contributed by atoms with van der Waals surface area (Å²) in [6, 6.07) is 0. The summed E-state index contributed by atoms with van der Waals surface area (Å²) < 4.78 is 61.3. The molecule has 11 nitrogen and oxygen atoms in total. The standard InChI is InChI=1S/Na.H4O7SSi.H2O4S.H/c;1-8(2,3)7-9(4,5)6;1-5(2,3)4;/h;4-6H,(H,1,2,3);(H2,1,2,3,4);. The Kier molecular flexibility index (Phi) is 10.2. The fourth-order valence-electron chi connectivity index (χ4n) is 0.141. The second kappa shape index (κ2) is 7.22. The first-order valence-electron chi connectivity index (χ1n) is 2.26. The maximum absolute atomic E-state index is 9.53. The summed E-state index contributed by atoms with van der Waals surface area (Å²) >= 11 is 0. The number of hydrogen-bond donors (Lipinski definition) is 6. The van der Waals surface area contributed by atoms with E-state index in [2.05, 4.69) is 3.87 Å². The van der Waals surface area contributed by atoms with Gasteiger partial charge in [-0.2, -0.15) is 16.8 Å². The molecular weight excluding hydrogens is 291 g/mol. The molecule has 0 aliphatic heterocycles. The molecule has 0 heterocycles. The third-order valence-electron chi connectivity index (χ3n) is 0.217. The molecule has 0 aromatic rings. The fraction of sp³-hybridized carbons (Fsp3) is 0. The normalized spacial score (nSPS) is 12.1. The molecule has 0 unspecified atom stereocenters. The molecule has 0 aliphatic carbocycles. The van der Waals surface area contributed by atoms with Gasteiger partial charge in [0.05, 0.1) is 0 Å². The first-order chi connectivity index (χ1) is 5.71. The Morgan fingerprint density at radius 1 is 0.867 bits per heavy atom. The van der Waals surface area contributed by atoms with Gasteiger partial charge in [0.2, 0.25) is 0 Å². The van der Waals surface area contributed by atoms with E-state index in [1.165, 1.54) is 0 Å². The van der Waals surface area contributed by atoms with E-state index in [0.29, 0.717) is 0 Å². The minimum absolute atomic E-state index is 0. The zero-order valence-electron chi connectivity index (χ0n) is 6.04. The first kappa shape index (κ1) is 21.2. The van der Waals surface area contributed by atoms with Crippen molar-refractivity contribution in [1.29, 1.82) is 0 Å². The first-order valence-corrected chi connectivity index (χ1v) is 6.77. The van der Waals surface area contributed by atoms with Crippen LogP contribution in [-0.4, -0.2) is 83.5 Å². The van der Waals surface area contributed by atoms with Crippen molar-refractivity contribution in [2.24, 2.45) is 0 Å². The second-order valence-corrected chi connectivity index (χ2v) is 5.10. The summed E-state index contributed by atoms with van der Waals surface area (Å²) in [5.74, 6) is 0. The summed E-state index contributed by atoms with van der Waals surface area (Å²) in [4.78, 5) is 23.5. The van der Waals surface area contributed by atoms with E-state index in [9.17, 15) is 8.42 Å². The van der Waals surface area contributed by atoms with E-state index < -0.39 is 29.8 Å². The number of rotatable bonds is 2. The average molecular weight is 298 g/mol. The topological polar surface area (TPSA) is 199 Å². The van der Waals surface area contributed by atoms with Gasteiger partial charge in [0.25, 0.3) is 0 Å². The van der Waals surface area contributed by atoms with Gasteiger partial charge in [0.15, 0.2) is 0 Å². The molecule has 0 rings (SSSR count). The molecule has 90 valence electrons. The van der Waals surface area contributed by atoms with Gasteiger partial charge in [-0.3, -0.25) is 13.7 Å². The summed E-state index contributed by atoms with van der Waals surface area (Å²) in [5.41, 5.74) is 0. The molecule has 0 atom stereocenters. The molecule has 0 spiro atoms. The molecule has 0 aromatic heterocycles. The van der Waals surface area contributed by atoms with Crippen LogP contribution in [0.3, 0.4) is 0 Å². The SMILES string of the molecule is O=S(=O)(O)O.O=S(=O)(O)O[Si](O)(O)O.[NaH]. The Bertz CT molecular complexity index is 335. The van der Waals surface area contributed by atoms with E-state index >= 15 is 0 Å². The van der Waals surface area contributed by atoms with Crippen LogP contribution in [-0.2, 0) is 24.7 Å².